The first-order valence-electron chi connectivity index (χ1n) is 11.6. The van der Waals surface area contributed by atoms with Crippen LogP contribution in [-0.2, 0) is 27.8 Å². The summed E-state index contributed by atoms with van der Waals surface area (Å²) >= 11 is 3.33. The van der Waals surface area contributed by atoms with Crippen LogP contribution in [0, 0.1) is 12.8 Å². The number of thiazole rings is 1. The van der Waals surface area contributed by atoms with Gasteiger partial charge in [0, 0.05) is 31.3 Å². The maximum Gasteiger partial charge on any atom is 0.251 e. The van der Waals surface area contributed by atoms with Gasteiger partial charge in [0.25, 0.3) is 5.91 Å². The highest BCUT2D eigenvalue weighted by Crippen LogP contribution is 2.25. The van der Waals surface area contributed by atoms with Gasteiger partial charge in [-0.25, -0.2) is 8.42 Å². The number of benzene rings is 2. The Morgan fingerprint density at radius 2 is 1.85 bits per heavy atom. The van der Waals surface area contributed by atoms with Crippen molar-refractivity contribution in [1.29, 1.82) is 0 Å². The first-order chi connectivity index (χ1) is 16.3. The van der Waals surface area contributed by atoms with Gasteiger partial charge in [-0.2, -0.15) is 21.1 Å². The molecule has 1 saturated heterocycles. The zero-order valence-corrected chi connectivity index (χ0v) is 22.3. The van der Waals surface area contributed by atoms with Crippen molar-refractivity contribution >= 4 is 49.2 Å². The SMILES string of the molecule is CCc1ccc2c(c1)sc(=NC(=O)C1CCN(S(=O)(=O)c3ccc(C)cc3)CC1)n2CCSC. The number of hydrogen-bond donors (Lipinski definition) is 0. The van der Waals surface area contributed by atoms with Crippen LogP contribution in [0.3, 0.4) is 0 Å². The summed E-state index contributed by atoms with van der Waals surface area (Å²) in [6, 6.07) is 13.4. The second-order valence-electron chi connectivity index (χ2n) is 8.63. The highest BCUT2D eigenvalue weighted by Gasteiger charge is 2.32. The lowest BCUT2D eigenvalue weighted by Crippen LogP contribution is -2.40. The van der Waals surface area contributed by atoms with Gasteiger partial charge in [0.15, 0.2) is 4.80 Å². The molecule has 0 saturated carbocycles. The third-order valence-corrected chi connectivity index (χ3v) is 9.89. The fourth-order valence-corrected chi connectivity index (χ4v) is 7.17. The van der Waals surface area contributed by atoms with Gasteiger partial charge in [-0.15, -0.1) is 0 Å². The van der Waals surface area contributed by atoms with E-state index in [0.717, 1.165) is 39.3 Å². The summed E-state index contributed by atoms with van der Waals surface area (Å²) in [5, 5.41) is 0. The number of amides is 1. The van der Waals surface area contributed by atoms with Gasteiger partial charge in [-0.05, 0) is 62.3 Å². The number of nitrogens with zero attached hydrogens (tertiary/aromatic N) is 3. The predicted molar refractivity (Wildman–Crippen MR) is 141 cm³/mol. The molecule has 1 fully saturated rings. The molecule has 0 spiro atoms. The summed E-state index contributed by atoms with van der Waals surface area (Å²) in [7, 11) is -3.54. The molecule has 4 rings (SSSR count). The van der Waals surface area contributed by atoms with Crippen molar-refractivity contribution in [3.05, 3.63) is 58.4 Å². The Morgan fingerprint density at radius 1 is 1.15 bits per heavy atom. The number of thioether (sulfide) groups is 1. The average Bonchev–Trinajstić information content (AvgIpc) is 3.18. The van der Waals surface area contributed by atoms with E-state index in [-0.39, 0.29) is 11.8 Å². The first-order valence-corrected chi connectivity index (χ1v) is 15.2. The molecule has 1 aliphatic heterocycles. The highest BCUT2D eigenvalue weighted by atomic mass is 32.2. The van der Waals surface area contributed by atoms with Crippen LogP contribution in [0.25, 0.3) is 10.2 Å². The largest absolute Gasteiger partial charge is 0.316 e. The van der Waals surface area contributed by atoms with Crippen LogP contribution in [0.2, 0.25) is 0 Å². The normalized spacial score (nSPS) is 16.4. The lowest BCUT2D eigenvalue weighted by atomic mass is 9.98. The van der Waals surface area contributed by atoms with Gasteiger partial charge in [-0.3, -0.25) is 4.79 Å². The number of carbonyl (C=O) groups excluding carboxylic acids is 1. The van der Waals surface area contributed by atoms with Crippen LogP contribution in [-0.4, -0.2) is 48.3 Å². The van der Waals surface area contributed by atoms with E-state index in [4.69, 9.17) is 0 Å². The minimum absolute atomic E-state index is 0.146. The standard InChI is InChI=1S/C25H31N3O3S3/c1-4-19-7-10-22-23(17-19)33-25(28(22)15-16-32-3)26-24(29)20-11-13-27(14-12-20)34(30,31)21-8-5-18(2)6-9-21/h5-10,17,20H,4,11-16H2,1-3H3. The van der Waals surface area contributed by atoms with E-state index < -0.39 is 10.0 Å². The van der Waals surface area contributed by atoms with Gasteiger partial charge in [-0.1, -0.05) is 42.0 Å². The Balaban J connectivity index is 1.53. The lowest BCUT2D eigenvalue weighted by molar-refractivity contribution is -0.122. The average molecular weight is 518 g/mol. The molecule has 0 radical (unpaired) electrons. The molecule has 0 aliphatic carbocycles. The second-order valence-corrected chi connectivity index (χ2v) is 12.6. The molecular formula is C25H31N3O3S3. The summed E-state index contributed by atoms with van der Waals surface area (Å²) < 4.78 is 30.7. The van der Waals surface area contributed by atoms with Crippen LogP contribution in [0.5, 0.6) is 0 Å². The minimum Gasteiger partial charge on any atom is -0.316 e. The monoisotopic (exact) mass is 517 g/mol. The van der Waals surface area contributed by atoms with Crippen molar-refractivity contribution in [2.24, 2.45) is 10.9 Å². The van der Waals surface area contributed by atoms with E-state index in [0.29, 0.717) is 30.8 Å². The van der Waals surface area contributed by atoms with E-state index in [2.05, 4.69) is 40.9 Å². The molecule has 34 heavy (non-hydrogen) atoms. The maximum atomic E-state index is 13.1. The van der Waals surface area contributed by atoms with E-state index in [1.54, 1.807) is 35.2 Å². The van der Waals surface area contributed by atoms with Crippen molar-refractivity contribution in [1.82, 2.24) is 8.87 Å². The Labute approximate surface area is 209 Å². The third kappa shape index (κ3) is 5.32. The second kappa shape index (κ2) is 10.8. The van der Waals surface area contributed by atoms with Crippen molar-refractivity contribution in [2.75, 3.05) is 25.1 Å². The third-order valence-electron chi connectivity index (χ3n) is 6.34. The summed E-state index contributed by atoms with van der Waals surface area (Å²) in [6.07, 6.45) is 4.02. The lowest BCUT2D eigenvalue weighted by Gasteiger charge is -2.29. The quantitative estimate of drug-likeness (QED) is 0.464. The van der Waals surface area contributed by atoms with Gasteiger partial charge >= 0.3 is 0 Å². The molecule has 6 nitrogen and oxygen atoms in total. The van der Waals surface area contributed by atoms with Gasteiger partial charge in [0.05, 0.1) is 15.1 Å². The molecular weight excluding hydrogens is 486 g/mol. The molecule has 0 bridgehead atoms. The smallest absolute Gasteiger partial charge is 0.251 e. The van der Waals surface area contributed by atoms with Crippen LogP contribution >= 0.6 is 23.1 Å². The number of hydrogen-bond acceptors (Lipinski definition) is 5. The number of fused-ring (bicyclic) bond motifs is 1. The van der Waals surface area contributed by atoms with Gasteiger partial charge in [0.1, 0.15) is 0 Å². The fourth-order valence-electron chi connectivity index (χ4n) is 4.21. The minimum atomic E-state index is -3.54. The molecule has 0 N–H and O–H groups in total. The predicted octanol–water partition coefficient (Wildman–Crippen LogP) is 4.46. The molecule has 2 heterocycles. The number of aryl methyl sites for hydroxylation is 3. The summed E-state index contributed by atoms with van der Waals surface area (Å²) in [6.45, 7) is 5.53. The number of aromatic nitrogens is 1. The van der Waals surface area contributed by atoms with Crippen molar-refractivity contribution in [3.8, 4) is 0 Å². The number of rotatable bonds is 7. The molecule has 1 amide bonds. The molecule has 182 valence electrons. The van der Waals surface area contributed by atoms with E-state index in [1.807, 2.05) is 19.1 Å². The zero-order valence-electron chi connectivity index (χ0n) is 19.9. The van der Waals surface area contributed by atoms with Crippen molar-refractivity contribution in [3.63, 3.8) is 0 Å². The topological polar surface area (TPSA) is 71.7 Å². The molecule has 0 unspecified atom stereocenters. The first kappa shape index (κ1) is 25.2. The molecule has 3 aromatic rings. The van der Waals surface area contributed by atoms with Gasteiger partial charge < -0.3 is 4.57 Å². The number of piperidine rings is 1. The Bertz CT molecular complexity index is 1330. The fraction of sp³-hybridized carbons (Fsp3) is 0.440. The van der Waals surface area contributed by atoms with E-state index >= 15 is 0 Å². The Morgan fingerprint density at radius 3 is 2.50 bits per heavy atom. The summed E-state index contributed by atoms with van der Waals surface area (Å²) in [4.78, 5) is 18.7. The summed E-state index contributed by atoms with van der Waals surface area (Å²) in [5.41, 5.74) is 3.40. The molecule has 1 aliphatic rings. The van der Waals surface area contributed by atoms with Crippen LogP contribution in [0.4, 0.5) is 0 Å². The van der Waals surface area contributed by atoms with E-state index in [1.165, 1.54) is 9.87 Å². The Hall–Kier alpha value is -1.94. The van der Waals surface area contributed by atoms with Crippen molar-refractivity contribution in [2.45, 2.75) is 44.6 Å². The van der Waals surface area contributed by atoms with Crippen molar-refractivity contribution < 1.29 is 13.2 Å². The zero-order chi connectivity index (χ0) is 24.3. The molecule has 9 heteroatoms. The summed E-state index contributed by atoms with van der Waals surface area (Å²) in [5.74, 6) is 0.542. The highest BCUT2D eigenvalue weighted by molar-refractivity contribution is 7.98. The molecule has 0 atom stereocenters. The van der Waals surface area contributed by atoms with E-state index in [9.17, 15) is 13.2 Å². The molecule has 1 aromatic heterocycles. The van der Waals surface area contributed by atoms with Crippen LogP contribution in [0.1, 0.15) is 30.9 Å². The Kier molecular flexibility index (Phi) is 7.97. The van der Waals surface area contributed by atoms with Crippen LogP contribution < -0.4 is 4.80 Å². The maximum absolute atomic E-state index is 13.1. The van der Waals surface area contributed by atoms with Gasteiger partial charge in [0.2, 0.25) is 10.0 Å². The van der Waals surface area contributed by atoms with Crippen LogP contribution in [0.15, 0.2) is 52.4 Å². The molecule has 2 aromatic carbocycles. The number of sulfonamides is 1. The number of carbonyl (C=O) groups is 1.